The zero-order chi connectivity index (χ0) is 22.2. The first kappa shape index (κ1) is 22.6. The third-order valence-corrected chi connectivity index (χ3v) is 5.13. The first-order valence-electron chi connectivity index (χ1n) is 10.4. The number of hydrogen-bond acceptors (Lipinski definition) is 5. The Labute approximate surface area is 188 Å². The van der Waals surface area contributed by atoms with Crippen molar-refractivity contribution in [3.63, 3.8) is 0 Å². The van der Waals surface area contributed by atoms with Crippen LogP contribution in [0.1, 0.15) is 43.9 Å². The van der Waals surface area contributed by atoms with Crippen molar-refractivity contribution in [1.29, 1.82) is 0 Å². The number of thiocarbonyl (C=S) groups is 1. The highest BCUT2D eigenvalue weighted by molar-refractivity contribution is 7.80. The molecule has 1 atom stereocenters. The third-order valence-electron chi connectivity index (χ3n) is 4.91. The summed E-state index contributed by atoms with van der Waals surface area (Å²) in [6.45, 7) is 4.58. The molecule has 0 amide bonds. The van der Waals surface area contributed by atoms with E-state index in [0.717, 1.165) is 23.2 Å². The molecule has 2 N–H and O–H groups in total. The van der Waals surface area contributed by atoms with Crippen LogP contribution >= 0.6 is 12.2 Å². The number of ether oxygens (including phenoxy) is 3. The molecule has 0 saturated carbocycles. The van der Waals surface area contributed by atoms with E-state index in [1.54, 1.807) is 14.0 Å². The molecule has 6 nitrogen and oxygen atoms in total. The predicted molar refractivity (Wildman–Crippen MR) is 124 cm³/mol. The van der Waals surface area contributed by atoms with Crippen LogP contribution in [-0.2, 0) is 16.1 Å². The van der Waals surface area contributed by atoms with Crippen LogP contribution in [-0.4, -0.2) is 24.8 Å². The molecule has 1 heterocycles. The molecule has 0 radical (unpaired) electrons. The normalized spacial score (nSPS) is 15.7. The Morgan fingerprint density at radius 1 is 1.10 bits per heavy atom. The minimum absolute atomic E-state index is 0.300. The van der Waals surface area contributed by atoms with Crippen molar-refractivity contribution in [2.45, 2.75) is 39.3 Å². The third kappa shape index (κ3) is 5.55. The first-order chi connectivity index (χ1) is 15.1. The van der Waals surface area contributed by atoms with Crippen molar-refractivity contribution in [1.82, 2.24) is 10.6 Å². The standard InChI is InChI=1S/C24H28N2O4S/c1-4-9-18-21(23(27)29-5-2)22(26-24(31)25-18)17-12-13-19(20(14-17)28-3)30-15-16-10-7-6-8-11-16/h6-8,10-14,22H,4-5,9,15H2,1-3H3,(H2,25,26,31)/t22-/m0/s1. The molecule has 0 aliphatic carbocycles. The Balaban J connectivity index is 1.92. The minimum atomic E-state index is -0.438. The second-order valence-electron chi connectivity index (χ2n) is 7.08. The highest BCUT2D eigenvalue weighted by Crippen LogP contribution is 2.35. The van der Waals surface area contributed by atoms with Crippen LogP contribution in [0.15, 0.2) is 59.8 Å². The van der Waals surface area contributed by atoms with Crippen LogP contribution in [0.4, 0.5) is 0 Å². The zero-order valence-electron chi connectivity index (χ0n) is 18.1. The van der Waals surface area contributed by atoms with E-state index in [1.807, 2.05) is 48.5 Å². The number of rotatable bonds is 9. The molecule has 2 aromatic rings. The van der Waals surface area contributed by atoms with Gasteiger partial charge in [0.15, 0.2) is 16.6 Å². The summed E-state index contributed by atoms with van der Waals surface area (Å²) >= 11 is 5.40. The molecule has 1 aliphatic rings. The maximum Gasteiger partial charge on any atom is 0.338 e. The summed E-state index contributed by atoms with van der Waals surface area (Å²) in [5.74, 6) is 0.851. The lowest BCUT2D eigenvalue weighted by atomic mass is 9.93. The van der Waals surface area contributed by atoms with Crippen LogP contribution in [0.25, 0.3) is 0 Å². The van der Waals surface area contributed by atoms with E-state index in [1.165, 1.54) is 0 Å². The molecule has 3 rings (SSSR count). The van der Waals surface area contributed by atoms with Crippen LogP contribution in [0, 0.1) is 0 Å². The number of carbonyl (C=O) groups is 1. The Hall–Kier alpha value is -3.06. The predicted octanol–water partition coefficient (Wildman–Crippen LogP) is 4.41. The van der Waals surface area contributed by atoms with E-state index in [9.17, 15) is 4.79 Å². The number of allylic oxidation sites excluding steroid dienone is 1. The second-order valence-corrected chi connectivity index (χ2v) is 7.49. The molecule has 0 bridgehead atoms. The first-order valence-corrected chi connectivity index (χ1v) is 10.8. The molecule has 164 valence electrons. The number of hydrogen-bond donors (Lipinski definition) is 2. The molecule has 0 unspecified atom stereocenters. The van der Waals surface area contributed by atoms with Gasteiger partial charge in [0, 0.05) is 5.70 Å². The Kier molecular flexibility index (Phi) is 7.89. The van der Waals surface area contributed by atoms with Crippen molar-refractivity contribution < 1.29 is 19.0 Å². The summed E-state index contributed by atoms with van der Waals surface area (Å²) in [4.78, 5) is 12.8. The van der Waals surface area contributed by atoms with Crippen LogP contribution in [0.2, 0.25) is 0 Å². The van der Waals surface area contributed by atoms with Gasteiger partial charge < -0.3 is 24.8 Å². The van der Waals surface area contributed by atoms with Gasteiger partial charge in [-0.15, -0.1) is 0 Å². The smallest absolute Gasteiger partial charge is 0.338 e. The number of carbonyl (C=O) groups excluding carboxylic acids is 1. The van der Waals surface area contributed by atoms with Crippen LogP contribution in [0.3, 0.4) is 0 Å². The monoisotopic (exact) mass is 440 g/mol. The maximum absolute atomic E-state index is 12.8. The Morgan fingerprint density at radius 3 is 2.55 bits per heavy atom. The fourth-order valence-electron chi connectivity index (χ4n) is 3.48. The molecular weight excluding hydrogens is 412 g/mol. The van der Waals surface area contributed by atoms with Crippen molar-refractivity contribution in [2.75, 3.05) is 13.7 Å². The van der Waals surface area contributed by atoms with Crippen molar-refractivity contribution in [3.05, 3.63) is 70.9 Å². The van der Waals surface area contributed by atoms with E-state index in [4.69, 9.17) is 26.4 Å². The molecule has 0 aromatic heterocycles. The molecule has 0 saturated heterocycles. The highest BCUT2D eigenvalue weighted by Gasteiger charge is 2.32. The molecule has 31 heavy (non-hydrogen) atoms. The Bertz CT molecular complexity index is 959. The fraction of sp³-hybridized carbons (Fsp3) is 0.333. The second kappa shape index (κ2) is 10.8. The van der Waals surface area contributed by atoms with E-state index in [2.05, 4.69) is 17.6 Å². The summed E-state index contributed by atoms with van der Waals surface area (Å²) in [6, 6.07) is 15.1. The molecule has 1 aliphatic heterocycles. The van der Waals surface area contributed by atoms with E-state index < -0.39 is 6.04 Å². The minimum Gasteiger partial charge on any atom is -0.493 e. The van der Waals surface area contributed by atoms with Crippen molar-refractivity contribution in [3.8, 4) is 11.5 Å². The molecule has 7 heteroatoms. The number of methoxy groups -OCH3 is 1. The SMILES string of the molecule is CCCC1=C(C(=O)OCC)[C@H](c2ccc(OCc3ccccc3)c(OC)c2)NC(=S)N1. The average Bonchev–Trinajstić information content (AvgIpc) is 2.78. The van der Waals surface area contributed by atoms with E-state index in [0.29, 0.717) is 41.8 Å². The largest absolute Gasteiger partial charge is 0.493 e. The number of esters is 1. The molecular formula is C24H28N2O4S. The van der Waals surface area contributed by atoms with E-state index in [-0.39, 0.29) is 5.97 Å². The van der Waals surface area contributed by atoms with Crippen molar-refractivity contribution >= 4 is 23.3 Å². The quantitative estimate of drug-likeness (QED) is 0.442. The molecule has 2 aromatic carbocycles. The lowest BCUT2D eigenvalue weighted by Crippen LogP contribution is -2.45. The van der Waals surface area contributed by atoms with Gasteiger partial charge in [0.2, 0.25) is 0 Å². The maximum atomic E-state index is 12.8. The highest BCUT2D eigenvalue weighted by atomic mass is 32.1. The summed E-state index contributed by atoms with van der Waals surface area (Å²) in [7, 11) is 1.60. The summed E-state index contributed by atoms with van der Waals surface area (Å²) in [5.41, 5.74) is 3.23. The van der Waals surface area contributed by atoms with Gasteiger partial charge in [-0.3, -0.25) is 0 Å². The van der Waals surface area contributed by atoms with Gasteiger partial charge in [-0.2, -0.15) is 0 Å². The average molecular weight is 441 g/mol. The summed E-state index contributed by atoms with van der Waals surface area (Å²) in [6.07, 6.45) is 1.57. The van der Waals surface area contributed by atoms with E-state index >= 15 is 0 Å². The van der Waals surface area contributed by atoms with Gasteiger partial charge in [0.25, 0.3) is 0 Å². The fourth-order valence-corrected chi connectivity index (χ4v) is 3.72. The number of benzene rings is 2. The van der Waals surface area contributed by atoms with Crippen LogP contribution in [0.5, 0.6) is 11.5 Å². The van der Waals surface area contributed by atoms with Gasteiger partial charge in [0.1, 0.15) is 6.61 Å². The van der Waals surface area contributed by atoms with Gasteiger partial charge in [0.05, 0.1) is 25.3 Å². The van der Waals surface area contributed by atoms with Crippen molar-refractivity contribution in [2.24, 2.45) is 0 Å². The van der Waals surface area contributed by atoms with Gasteiger partial charge in [-0.1, -0.05) is 49.7 Å². The summed E-state index contributed by atoms with van der Waals surface area (Å²) < 4.78 is 16.9. The molecule has 0 spiro atoms. The lowest BCUT2D eigenvalue weighted by molar-refractivity contribution is -0.139. The lowest BCUT2D eigenvalue weighted by Gasteiger charge is -2.31. The topological polar surface area (TPSA) is 68.8 Å². The zero-order valence-corrected chi connectivity index (χ0v) is 18.9. The van der Waals surface area contributed by atoms with Crippen LogP contribution < -0.4 is 20.1 Å². The molecule has 0 fully saturated rings. The number of nitrogens with one attached hydrogen (secondary N) is 2. The van der Waals surface area contributed by atoms with Gasteiger partial charge in [-0.25, -0.2) is 4.79 Å². The van der Waals surface area contributed by atoms with Gasteiger partial charge >= 0.3 is 5.97 Å². The van der Waals surface area contributed by atoms with Gasteiger partial charge in [-0.05, 0) is 48.8 Å². The Morgan fingerprint density at radius 2 is 1.87 bits per heavy atom. The summed E-state index contributed by atoms with van der Waals surface area (Å²) in [5, 5.41) is 6.81.